The van der Waals surface area contributed by atoms with Crippen LogP contribution in [-0.2, 0) is 0 Å². The summed E-state index contributed by atoms with van der Waals surface area (Å²) in [5, 5.41) is 11.8. The van der Waals surface area contributed by atoms with E-state index in [1.54, 1.807) is 19.2 Å². The van der Waals surface area contributed by atoms with E-state index >= 15 is 0 Å². The summed E-state index contributed by atoms with van der Waals surface area (Å²) in [4.78, 5) is 12.0. The van der Waals surface area contributed by atoms with Gasteiger partial charge in [-0.2, -0.15) is 0 Å². The van der Waals surface area contributed by atoms with E-state index < -0.39 is 0 Å². The van der Waals surface area contributed by atoms with Gasteiger partial charge < -0.3 is 15.2 Å². The fraction of sp³-hybridized carbons (Fsp3) is 0.500. The molecule has 1 aromatic rings. The standard InChI is InChI=1S/C14H20BrNO3/c1-10(9-17)4-3-7-16-14(18)12-6-5-11(15)8-13(12)19-2/h5-6,8,10,17H,3-4,7,9H2,1-2H3,(H,16,18). The highest BCUT2D eigenvalue weighted by atomic mass is 79.9. The van der Waals surface area contributed by atoms with E-state index in [0.29, 0.717) is 17.9 Å². The molecule has 0 aliphatic heterocycles. The maximum Gasteiger partial charge on any atom is 0.255 e. The van der Waals surface area contributed by atoms with Crippen LogP contribution in [0.4, 0.5) is 0 Å². The fourth-order valence-electron chi connectivity index (χ4n) is 1.69. The summed E-state index contributed by atoms with van der Waals surface area (Å²) in [6.07, 6.45) is 1.75. The van der Waals surface area contributed by atoms with Crippen molar-refractivity contribution in [2.24, 2.45) is 5.92 Å². The van der Waals surface area contributed by atoms with Crippen LogP contribution in [0.15, 0.2) is 22.7 Å². The average molecular weight is 330 g/mol. The molecule has 1 aromatic carbocycles. The van der Waals surface area contributed by atoms with E-state index in [2.05, 4.69) is 21.2 Å². The number of hydrogen-bond donors (Lipinski definition) is 2. The van der Waals surface area contributed by atoms with Crippen molar-refractivity contribution in [1.82, 2.24) is 5.32 Å². The molecule has 0 aliphatic carbocycles. The van der Waals surface area contributed by atoms with Crippen molar-refractivity contribution >= 4 is 21.8 Å². The highest BCUT2D eigenvalue weighted by Gasteiger charge is 2.12. The number of ether oxygens (including phenoxy) is 1. The molecule has 0 bridgehead atoms. The van der Waals surface area contributed by atoms with Gasteiger partial charge in [-0.05, 0) is 37.0 Å². The Balaban J connectivity index is 2.49. The number of carbonyl (C=O) groups excluding carboxylic acids is 1. The summed E-state index contributed by atoms with van der Waals surface area (Å²) in [6, 6.07) is 5.31. The summed E-state index contributed by atoms with van der Waals surface area (Å²) in [5.74, 6) is 0.690. The number of hydrogen-bond acceptors (Lipinski definition) is 3. The number of carbonyl (C=O) groups is 1. The van der Waals surface area contributed by atoms with Gasteiger partial charge in [0.05, 0.1) is 12.7 Å². The molecular weight excluding hydrogens is 310 g/mol. The Hall–Kier alpha value is -1.07. The summed E-state index contributed by atoms with van der Waals surface area (Å²) >= 11 is 3.34. The summed E-state index contributed by atoms with van der Waals surface area (Å²) in [6.45, 7) is 2.77. The number of methoxy groups -OCH3 is 1. The molecule has 19 heavy (non-hydrogen) atoms. The van der Waals surface area contributed by atoms with E-state index in [-0.39, 0.29) is 18.4 Å². The fourth-order valence-corrected chi connectivity index (χ4v) is 2.03. The van der Waals surface area contributed by atoms with E-state index in [1.807, 2.05) is 13.0 Å². The van der Waals surface area contributed by atoms with Crippen LogP contribution in [0.25, 0.3) is 0 Å². The van der Waals surface area contributed by atoms with Gasteiger partial charge in [0.25, 0.3) is 5.91 Å². The number of amides is 1. The molecule has 0 spiro atoms. The average Bonchev–Trinajstić information content (AvgIpc) is 2.42. The zero-order valence-corrected chi connectivity index (χ0v) is 12.9. The van der Waals surface area contributed by atoms with Crippen molar-refractivity contribution in [3.8, 4) is 5.75 Å². The number of benzene rings is 1. The highest BCUT2D eigenvalue weighted by molar-refractivity contribution is 9.10. The van der Waals surface area contributed by atoms with Gasteiger partial charge in [-0.1, -0.05) is 22.9 Å². The molecule has 0 radical (unpaired) electrons. The van der Waals surface area contributed by atoms with Gasteiger partial charge in [0.15, 0.2) is 0 Å². The first kappa shape index (κ1) is 16.0. The maximum absolute atomic E-state index is 12.0. The second kappa shape index (κ2) is 8.17. The lowest BCUT2D eigenvalue weighted by molar-refractivity contribution is 0.0949. The molecule has 4 nitrogen and oxygen atoms in total. The molecule has 0 saturated heterocycles. The summed E-state index contributed by atoms with van der Waals surface area (Å²) < 4.78 is 6.06. The van der Waals surface area contributed by atoms with Crippen LogP contribution >= 0.6 is 15.9 Å². The Morgan fingerprint density at radius 2 is 2.26 bits per heavy atom. The third-order valence-electron chi connectivity index (χ3n) is 2.88. The lowest BCUT2D eigenvalue weighted by Crippen LogP contribution is -2.25. The predicted octanol–water partition coefficient (Wildman–Crippen LogP) is 2.60. The van der Waals surface area contributed by atoms with Crippen LogP contribution < -0.4 is 10.1 Å². The summed E-state index contributed by atoms with van der Waals surface area (Å²) in [7, 11) is 1.54. The molecule has 0 saturated carbocycles. The molecule has 1 unspecified atom stereocenters. The normalized spacial score (nSPS) is 12.0. The van der Waals surface area contributed by atoms with Gasteiger partial charge >= 0.3 is 0 Å². The van der Waals surface area contributed by atoms with Crippen molar-refractivity contribution in [1.29, 1.82) is 0 Å². The Morgan fingerprint density at radius 3 is 2.89 bits per heavy atom. The van der Waals surface area contributed by atoms with Crippen molar-refractivity contribution in [3.05, 3.63) is 28.2 Å². The van der Waals surface area contributed by atoms with Crippen LogP contribution in [-0.4, -0.2) is 31.3 Å². The van der Waals surface area contributed by atoms with Gasteiger partial charge in [-0.15, -0.1) is 0 Å². The zero-order valence-electron chi connectivity index (χ0n) is 11.3. The molecule has 1 atom stereocenters. The number of aliphatic hydroxyl groups excluding tert-OH is 1. The largest absolute Gasteiger partial charge is 0.496 e. The Morgan fingerprint density at radius 1 is 1.53 bits per heavy atom. The van der Waals surface area contributed by atoms with Gasteiger partial charge in [0, 0.05) is 17.6 Å². The van der Waals surface area contributed by atoms with Crippen molar-refractivity contribution in [2.75, 3.05) is 20.3 Å². The third kappa shape index (κ3) is 5.20. The topological polar surface area (TPSA) is 58.6 Å². The minimum absolute atomic E-state index is 0.138. The van der Waals surface area contributed by atoms with Gasteiger partial charge in [-0.3, -0.25) is 4.79 Å². The van der Waals surface area contributed by atoms with Crippen LogP contribution in [0.2, 0.25) is 0 Å². The Kier molecular flexibility index (Phi) is 6.87. The van der Waals surface area contributed by atoms with Gasteiger partial charge in [0.2, 0.25) is 0 Å². The molecule has 2 N–H and O–H groups in total. The molecule has 1 amide bonds. The van der Waals surface area contributed by atoms with Crippen LogP contribution in [0, 0.1) is 5.92 Å². The predicted molar refractivity (Wildman–Crippen MR) is 78.5 cm³/mol. The van der Waals surface area contributed by atoms with E-state index in [9.17, 15) is 4.79 Å². The lowest BCUT2D eigenvalue weighted by Gasteiger charge is -2.11. The van der Waals surface area contributed by atoms with E-state index in [4.69, 9.17) is 9.84 Å². The highest BCUT2D eigenvalue weighted by Crippen LogP contribution is 2.23. The number of nitrogens with one attached hydrogen (secondary N) is 1. The second-order valence-corrected chi connectivity index (χ2v) is 5.45. The third-order valence-corrected chi connectivity index (χ3v) is 3.37. The van der Waals surface area contributed by atoms with Crippen LogP contribution in [0.5, 0.6) is 5.75 Å². The maximum atomic E-state index is 12.0. The SMILES string of the molecule is COc1cc(Br)ccc1C(=O)NCCCC(C)CO. The van der Waals surface area contributed by atoms with Crippen LogP contribution in [0.1, 0.15) is 30.1 Å². The molecule has 0 aliphatic rings. The molecule has 0 aromatic heterocycles. The van der Waals surface area contributed by atoms with Crippen molar-refractivity contribution in [2.45, 2.75) is 19.8 Å². The Labute approximate surface area is 122 Å². The molecule has 0 heterocycles. The van der Waals surface area contributed by atoms with Gasteiger partial charge in [0.1, 0.15) is 5.75 Å². The number of halogens is 1. The smallest absolute Gasteiger partial charge is 0.255 e. The monoisotopic (exact) mass is 329 g/mol. The molecule has 5 heteroatoms. The number of aliphatic hydroxyl groups is 1. The van der Waals surface area contributed by atoms with Crippen molar-refractivity contribution < 1.29 is 14.6 Å². The zero-order chi connectivity index (χ0) is 14.3. The first-order valence-corrected chi connectivity index (χ1v) is 7.10. The first-order valence-electron chi connectivity index (χ1n) is 6.31. The quantitative estimate of drug-likeness (QED) is 0.756. The second-order valence-electron chi connectivity index (χ2n) is 4.53. The minimum atomic E-state index is -0.138. The number of rotatable bonds is 7. The van der Waals surface area contributed by atoms with E-state index in [1.165, 1.54) is 0 Å². The van der Waals surface area contributed by atoms with Crippen molar-refractivity contribution in [3.63, 3.8) is 0 Å². The minimum Gasteiger partial charge on any atom is -0.496 e. The molecule has 106 valence electrons. The molecule has 1 rings (SSSR count). The lowest BCUT2D eigenvalue weighted by atomic mass is 10.1. The Bertz CT molecular complexity index is 423. The molecule has 0 fully saturated rings. The van der Waals surface area contributed by atoms with Crippen LogP contribution in [0.3, 0.4) is 0 Å². The first-order chi connectivity index (χ1) is 9.08. The van der Waals surface area contributed by atoms with E-state index in [0.717, 1.165) is 17.3 Å². The summed E-state index contributed by atoms with van der Waals surface area (Å²) in [5.41, 5.74) is 0.529. The molecular formula is C14H20BrNO3. The van der Waals surface area contributed by atoms with Gasteiger partial charge in [-0.25, -0.2) is 0 Å².